The summed E-state index contributed by atoms with van der Waals surface area (Å²) in [6, 6.07) is 13.0. The Hall–Kier alpha value is -1.52. The molecule has 0 fully saturated rings. The van der Waals surface area contributed by atoms with Gasteiger partial charge in [0.05, 0.1) is 6.61 Å². The Kier molecular flexibility index (Phi) is 6.28. The largest absolute Gasteiger partial charge is 0.493 e. The van der Waals surface area contributed by atoms with Crippen LogP contribution in [0.5, 0.6) is 5.75 Å². The topological polar surface area (TPSA) is 38.3 Å². The fourth-order valence-corrected chi connectivity index (χ4v) is 2.61. The van der Waals surface area contributed by atoms with Gasteiger partial charge in [0.15, 0.2) is 0 Å². The second-order valence-electron chi connectivity index (χ2n) is 4.92. The zero-order chi connectivity index (χ0) is 15.9. The van der Waals surface area contributed by atoms with Gasteiger partial charge in [0.2, 0.25) is 5.91 Å². The van der Waals surface area contributed by atoms with Crippen LogP contribution < -0.4 is 10.1 Å². The fraction of sp³-hybridized carbons (Fsp3) is 0.235. The average Bonchev–Trinajstić information content (AvgIpc) is 2.45. The number of halogens is 2. The van der Waals surface area contributed by atoms with Crippen molar-refractivity contribution in [1.82, 2.24) is 0 Å². The van der Waals surface area contributed by atoms with Gasteiger partial charge in [0.25, 0.3) is 0 Å². The summed E-state index contributed by atoms with van der Waals surface area (Å²) in [6.45, 7) is 2.44. The number of hydrogen-bond acceptors (Lipinski definition) is 2. The second-order valence-corrected chi connectivity index (χ2v) is 6.27. The number of aryl methyl sites for hydroxylation is 1. The van der Waals surface area contributed by atoms with E-state index < -0.39 is 0 Å². The Morgan fingerprint density at radius 2 is 2.09 bits per heavy atom. The maximum atomic E-state index is 11.8. The molecule has 1 N–H and O–H groups in total. The molecule has 2 rings (SSSR count). The molecule has 116 valence electrons. The summed E-state index contributed by atoms with van der Waals surface area (Å²) in [7, 11) is 0. The first-order chi connectivity index (χ1) is 10.5. The molecular weight excluding hydrogens is 366 g/mol. The molecule has 1 amide bonds. The molecule has 0 unspecified atom stereocenters. The van der Waals surface area contributed by atoms with Crippen molar-refractivity contribution in [1.29, 1.82) is 0 Å². The molecule has 0 atom stereocenters. The van der Waals surface area contributed by atoms with Gasteiger partial charge < -0.3 is 10.1 Å². The van der Waals surface area contributed by atoms with Gasteiger partial charge in [-0.1, -0.05) is 33.6 Å². The van der Waals surface area contributed by atoms with Crippen molar-refractivity contribution in [2.75, 3.05) is 11.9 Å². The molecule has 0 heterocycles. The molecule has 0 aliphatic rings. The number of nitrogens with one attached hydrogen (secondary N) is 1. The standard InChI is InChI=1S/C17H17BrClNO2/c1-12-10-14(19)7-8-16(12)22-9-3-6-17(21)20-15-5-2-4-13(18)11-15/h2,4-5,7-8,10-11H,3,6,9H2,1H3,(H,20,21). The molecule has 0 aliphatic heterocycles. The molecule has 0 spiro atoms. The van der Waals surface area contributed by atoms with Crippen LogP contribution in [0.4, 0.5) is 5.69 Å². The van der Waals surface area contributed by atoms with E-state index in [1.165, 1.54) is 0 Å². The first kappa shape index (κ1) is 16.8. The van der Waals surface area contributed by atoms with E-state index in [1.54, 1.807) is 6.07 Å². The lowest BCUT2D eigenvalue weighted by atomic mass is 10.2. The van der Waals surface area contributed by atoms with Gasteiger partial charge in [-0.3, -0.25) is 4.79 Å². The van der Waals surface area contributed by atoms with Crippen molar-refractivity contribution in [3.05, 3.63) is 57.5 Å². The lowest BCUT2D eigenvalue weighted by Crippen LogP contribution is -2.12. The molecule has 0 aliphatic carbocycles. The van der Waals surface area contributed by atoms with Crippen molar-refractivity contribution in [2.24, 2.45) is 0 Å². The number of carbonyl (C=O) groups is 1. The van der Waals surface area contributed by atoms with Crippen molar-refractivity contribution in [2.45, 2.75) is 19.8 Å². The first-order valence-corrected chi connectivity index (χ1v) is 8.16. The minimum atomic E-state index is -0.0190. The van der Waals surface area contributed by atoms with Crippen LogP contribution >= 0.6 is 27.5 Å². The van der Waals surface area contributed by atoms with Gasteiger partial charge in [0.1, 0.15) is 5.75 Å². The van der Waals surface area contributed by atoms with Crippen molar-refractivity contribution in [3.63, 3.8) is 0 Å². The lowest BCUT2D eigenvalue weighted by Gasteiger charge is -2.09. The van der Waals surface area contributed by atoms with Crippen LogP contribution in [0.2, 0.25) is 5.02 Å². The van der Waals surface area contributed by atoms with Gasteiger partial charge in [-0.25, -0.2) is 0 Å². The predicted octanol–water partition coefficient (Wildman–Crippen LogP) is 5.21. The third kappa shape index (κ3) is 5.35. The van der Waals surface area contributed by atoms with Crippen molar-refractivity contribution in [3.8, 4) is 5.75 Å². The number of amides is 1. The van der Waals surface area contributed by atoms with E-state index in [4.69, 9.17) is 16.3 Å². The van der Waals surface area contributed by atoms with E-state index in [9.17, 15) is 4.79 Å². The van der Waals surface area contributed by atoms with Crippen LogP contribution in [0, 0.1) is 6.92 Å². The minimum absolute atomic E-state index is 0.0190. The van der Waals surface area contributed by atoms with Crippen molar-refractivity contribution >= 4 is 39.1 Å². The Labute approximate surface area is 143 Å². The van der Waals surface area contributed by atoms with Gasteiger partial charge >= 0.3 is 0 Å². The zero-order valence-corrected chi connectivity index (χ0v) is 14.6. The predicted molar refractivity (Wildman–Crippen MR) is 93.7 cm³/mol. The highest BCUT2D eigenvalue weighted by Gasteiger charge is 2.04. The SMILES string of the molecule is Cc1cc(Cl)ccc1OCCCC(=O)Nc1cccc(Br)c1. The van der Waals surface area contributed by atoms with Crippen LogP contribution in [-0.2, 0) is 4.79 Å². The van der Waals surface area contributed by atoms with Crippen LogP contribution in [0.1, 0.15) is 18.4 Å². The summed E-state index contributed by atoms with van der Waals surface area (Å²) >= 11 is 9.27. The van der Waals surface area contributed by atoms with Gasteiger partial charge in [-0.15, -0.1) is 0 Å². The fourth-order valence-electron chi connectivity index (χ4n) is 1.98. The summed E-state index contributed by atoms with van der Waals surface area (Å²) in [5.41, 5.74) is 1.78. The number of hydrogen-bond donors (Lipinski definition) is 1. The third-order valence-corrected chi connectivity index (χ3v) is 3.78. The summed E-state index contributed by atoms with van der Waals surface area (Å²) in [6.07, 6.45) is 1.07. The number of benzene rings is 2. The lowest BCUT2D eigenvalue weighted by molar-refractivity contribution is -0.116. The molecule has 5 heteroatoms. The molecule has 0 aromatic heterocycles. The van der Waals surface area contributed by atoms with Crippen LogP contribution in [-0.4, -0.2) is 12.5 Å². The number of rotatable bonds is 6. The molecular formula is C17H17BrClNO2. The highest BCUT2D eigenvalue weighted by Crippen LogP contribution is 2.22. The monoisotopic (exact) mass is 381 g/mol. The summed E-state index contributed by atoms with van der Waals surface area (Å²) < 4.78 is 6.60. The number of anilines is 1. The van der Waals surface area contributed by atoms with Crippen LogP contribution in [0.25, 0.3) is 0 Å². The smallest absolute Gasteiger partial charge is 0.224 e. The van der Waals surface area contributed by atoms with E-state index in [1.807, 2.05) is 43.3 Å². The molecule has 22 heavy (non-hydrogen) atoms. The zero-order valence-electron chi connectivity index (χ0n) is 12.2. The van der Waals surface area contributed by atoms with E-state index in [0.29, 0.717) is 24.5 Å². The average molecular weight is 383 g/mol. The van der Waals surface area contributed by atoms with Gasteiger partial charge in [0, 0.05) is 21.6 Å². The third-order valence-electron chi connectivity index (χ3n) is 3.05. The van der Waals surface area contributed by atoms with Gasteiger partial charge in [-0.2, -0.15) is 0 Å². The van der Waals surface area contributed by atoms with Crippen LogP contribution in [0.15, 0.2) is 46.9 Å². The highest BCUT2D eigenvalue weighted by atomic mass is 79.9. The normalized spacial score (nSPS) is 10.3. The van der Waals surface area contributed by atoms with E-state index >= 15 is 0 Å². The van der Waals surface area contributed by atoms with E-state index in [0.717, 1.165) is 21.5 Å². The van der Waals surface area contributed by atoms with Crippen LogP contribution in [0.3, 0.4) is 0 Å². The minimum Gasteiger partial charge on any atom is -0.493 e. The summed E-state index contributed by atoms with van der Waals surface area (Å²) in [5, 5.41) is 3.55. The molecule has 0 saturated heterocycles. The second kappa shape index (κ2) is 8.20. The number of ether oxygens (including phenoxy) is 1. The number of carbonyl (C=O) groups excluding carboxylic acids is 1. The Bertz CT molecular complexity index is 661. The maximum Gasteiger partial charge on any atom is 0.224 e. The maximum absolute atomic E-state index is 11.8. The molecule has 0 radical (unpaired) electrons. The quantitative estimate of drug-likeness (QED) is 0.697. The first-order valence-electron chi connectivity index (χ1n) is 6.99. The summed E-state index contributed by atoms with van der Waals surface area (Å²) in [5.74, 6) is 0.784. The molecule has 0 bridgehead atoms. The van der Waals surface area contributed by atoms with Crippen molar-refractivity contribution < 1.29 is 9.53 Å². The van der Waals surface area contributed by atoms with Gasteiger partial charge in [-0.05, 0) is 55.3 Å². The highest BCUT2D eigenvalue weighted by molar-refractivity contribution is 9.10. The van der Waals surface area contributed by atoms with E-state index in [-0.39, 0.29) is 5.91 Å². The Balaban J connectivity index is 1.73. The summed E-state index contributed by atoms with van der Waals surface area (Å²) in [4.78, 5) is 11.8. The molecule has 3 nitrogen and oxygen atoms in total. The Morgan fingerprint density at radius 3 is 2.82 bits per heavy atom. The van der Waals surface area contributed by atoms with E-state index in [2.05, 4.69) is 21.2 Å². The Morgan fingerprint density at radius 1 is 1.27 bits per heavy atom. The molecule has 2 aromatic rings. The molecule has 2 aromatic carbocycles. The molecule has 0 saturated carbocycles.